The van der Waals surface area contributed by atoms with E-state index >= 15 is 0 Å². The lowest BCUT2D eigenvalue weighted by atomic mass is 9.96. The van der Waals surface area contributed by atoms with Gasteiger partial charge in [0.15, 0.2) is 0 Å². The molecule has 0 saturated carbocycles. The van der Waals surface area contributed by atoms with Crippen LogP contribution in [0.2, 0.25) is 0 Å². The molecule has 0 atom stereocenters. The minimum absolute atomic E-state index is 0.978. The lowest BCUT2D eigenvalue weighted by molar-refractivity contribution is 0.586. The molecule has 1 heterocycles. The maximum atomic E-state index is 5.78. The Morgan fingerprint density at radius 1 is 0.833 bits per heavy atom. The van der Waals surface area contributed by atoms with E-state index in [-0.39, 0.29) is 0 Å². The van der Waals surface area contributed by atoms with Crippen molar-refractivity contribution in [3.8, 4) is 11.3 Å². The Labute approximate surface area is 107 Å². The number of aryl methyl sites for hydroxylation is 1. The molecule has 0 N–H and O–H groups in total. The van der Waals surface area contributed by atoms with Crippen molar-refractivity contribution in [2.45, 2.75) is 20.8 Å². The van der Waals surface area contributed by atoms with E-state index in [9.17, 15) is 0 Å². The van der Waals surface area contributed by atoms with Crippen LogP contribution in [0, 0.1) is 20.8 Å². The summed E-state index contributed by atoms with van der Waals surface area (Å²) < 4.78 is 5.78. The molecule has 0 saturated heterocycles. The van der Waals surface area contributed by atoms with Crippen molar-refractivity contribution in [2.24, 2.45) is 0 Å². The summed E-state index contributed by atoms with van der Waals surface area (Å²) in [7, 11) is 0. The van der Waals surface area contributed by atoms with Crippen LogP contribution in [0.4, 0.5) is 0 Å². The quantitative estimate of drug-likeness (QED) is 0.578. The zero-order valence-electron chi connectivity index (χ0n) is 10.9. The molecular formula is C17H16O. The molecule has 0 unspecified atom stereocenters. The van der Waals surface area contributed by atoms with E-state index < -0.39 is 0 Å². The van der Waals surface area contributed by atoms with Crippen molar-refractivity contribution in [3.63, 3.8) is 0 Å². The van der Waals surface area contributed by atoms with Gasteiger partial charge in [-0.2, -0.15) is 0 Å². The third-order valence-corrected chi connectivity index (χ3v) is 3.81. The van der Waals surface area contributed by atoms with Crippen LogP contribution in [0.1, 0.15) is 16.7 Å². The fraction of sp³-hybridized carbons (Fsp3) is 0.176. The average Bonchev–Trinajstić information content (AvgIpc) is 2.80. The van der Waals surface area contributed by atoms with Crippen molar-refractivity contribution in [1.29, 1.82) is 0 Å². The number of furan rings is 1. The first-order valence-electron chi connectivity index (χ1n) is 6.22. The zero-order valence-corrected chi connectivity index (χ0v) is 10.9. The molecule has 0 amide bonds. The first kappa shape index (κ1) is 11.1. The lowest BCUT2D eigenvalue weighted by Crippen LogP contribution is -1.90. The van der Waals surface area contributed by atoms with Gasteiger partial charge >= 0.3 is 0 Å². The number of hydrogen-bond donors (Lipinski definition) is 0. The maximum Gasteiger partial charge on any atom is 0.141 e. The summed E-state index contributed by atoms with van der Waals surface area (Å²) in [6.07, 6.45) is 1.83. The third-order valence-electron chi connectivity index (χ3n) is 3.81. The van der Waals surface area contributed by atoms with Gasteiger partial charge in [-0.3, -0.25) is 0 Å². The highest BCUT2D eigenvalue weighted by Gasteiger charge is 2.12. The monoisotopic (exact) mass is 236 g/mol. The van der Waals surface area contributed by atoms with E-state index in [1.165, 1.54) is 27.6 Å². The predicted octanol–water partition coefficient (Wildman–Crippen LogP) is 5.03. The summed E-state index contributed by atoms with van der Waals surface area (Å²) in [6, 6.07) is 12.6. The van der Waals surface area contributed by atoms with Crippen LogP contribution in [0.3, 0.4) is 0 Å². The fourth-order valence-corrected chi connectivity index (χ4v) is 2.40. The fourth-order valence-electron chi connectivity index (χ4n) is 2.40. The Kier molecular flexibility index (Phi) is 2.48. The number of benzene rings is 2. The Bertz CT molecular complexity index is 720. The molecule has 0 fully saturated rings. The van der Waals surface area contributed by atoms with E-state index in [4.69, 9.17) is 4.42 Å². The van der Waals surface area contributed by atoms with Gasteiger partial charge in [-0.05, 0) is 37.5 Å². The topological polar surface area (TPSA) is 13.1 Å². The summed E-state index contributed by atoms with van der Waals surface area (Å²) >= 11 is 0. The van der Waals surface area contributed by atoms with Gasteiger partial charge in [-0.1, -0.05) is 36.4 Å². The van der Waals surface area contributed by atoms with Crippen LogP contribution >= 0.6 is 0 Å². The van der Waals surface area contributed by atoms with Crippen molar-refractivity contribution < 1.29 is 4.42 Å². The normalized spacial score (nSPS) is 11.1. The molecule has 90 valence electrons. The molecule has 0 aliphatic heterocycles. The summed E-state index contributed by atoms with van der Waals surface area (Å²) in [5.74, 6) is 0.978. The Morgan fingerprint density at radius 3 is 2.44 bits per heavy atom. The highest BCUT2D eigenvalue weighted by Crippen LogP contribution is 2.34. The second-order valence-corrected chi connectivity index (χ2v) is 4.83. The van der Waals surface area contributed by atoms with Gasteiger partial charge in [0.25, 0.3) is 0 Å². The zero-order chi connectivity index (χ0) is 12.7. The standard InChI is InChI=1S/C17H16O/c1-11-8-9-15(13(3)12(11)2)17-16-7-5-4-6-14(16)10-18-17/h4-10H,1-3H3. The maximum absolute atomic E-state index is 5.78. The number of hydrogen-bond acceptors (Lipinski definition) is 1. The van der Waals surface area contributed by atoms with E-state index in [0.717, 1.165) is 11.1 Å². The lowest BCUT2D eigenvalue weighted by Gasteiger charge is -2.09. The predicted molar refractivity (Wildman–Crippen MR) is 75.9 cm³/mol. The minimum atomic E-state index is 0.978. The Hall–Kier alpha value is -2.02. The number of fused-ring (bicyclic) bond motifs is 1. The van der Waals surface area contributed by atoms with Gasteiger partial charge in [0.1, 0.15) is 5.76 Å². The molecule has 0 spiro atoms. The molecule has 0 bridgehead atoms. The minimum Gasteiger partial charge on any atom is -0.463 e. The van der Waals surface area contributed by atoms with Crippen molar-refractivity contribution in [2.75, 3.05) is 0 Å². The van der Waals surface area contributed by atoms with Crippen LogP contribution in [0.5, 0.6) is 0 Å². The van der Waals surface area contributed by atoms with E-state index in [1.54, 1.807) is 0 Å². The van der Waals surface area contributed by atoms with Gasteiger partial charge < -0.3 is 4.42 Å². The van der Waals surface area contributed by atoms with Crippen LogP contribution < -0.4 is 0 Å². The molecule has 0 aliphatic rings. The highest BCUT2D eigenvalue weighted by atomic mass is 16.3. The average molecular weight is 236 g/mol. The first-order valence-corrected chi connectivity index (χ1v) is 6.22. The van der Waals surface area contributed by atoms with E-state index in [2.05, 4.69) is 51.1 Å². The van der Waals surface area contributed by atoms with E-state index in [1.807, 2.05) is 12.3 Å². The smallest absolute Gasteiger partial charge is 0.141 e. The van der Waals surface area contributed by atoms with Crippen LogP contribution in [-0.2, 0) is 0 Å². The van der Waals surface area contributed by atoms with Gasteiger partial charge in [-0.15, -0.1) is 0 Å². The van der Waals surface area contributed by atoms with Crippen molar-refractivity contribution in [3.05, 3.63) is 59.4 Å². The van der Waals surface area contributed by atoms with Crippen molar-refractivity contribution in [1.82, 2.24) is 0 Å². The van der Waals surface area contributed by atoms with Crippen LogP contribution in [0.25, 0.3) is 22.1 Å². The third kappa shape index (κ3) is 1.55. The molecular weight excluding hydrogens is 220 g/mol. The van der Waals surface area contributed by atoms with Crippen LogP contribution in [0.15, 0.2) is 47.1 Å². The number of rotatable bonds is 1. The summed E-state index contributed by atoms with van der Waals surface area (Å²) in [6.45, 7) is 6.47. The molecule has 2 aromatic carbocycles. The first-order chi connectivity index (χ1) is 8.68. The van der Waals surface area contributed by atoms with Gasteiger partial charge in [0.05, 0.1) is 6.26 Å². The molecule has 0 radical (unpaired) electrons. The van der Waals surface area contributed by atoms with Crippen molar-refractivity contribution >= 4 is 10.8 Å². The molecule has 1 aromatic heterocycles. The van der Waals surface area contributed by atoms with Crippen LogP contribution in [-0.4, -0.2) is 0 Å². The molecule has 0 aliphatic carbocycles. The molecule has 18 heavy (non-hydrogen) atoms. The Balaban J connectivity index is 2.30. The second kappa shape index (κ2) is 4.02. The SMILES string of the molecule is Cc1ccc(-c2occ3ccccc23)c(C)c1C. The summed E-state index contributed by atoms with van der Waals surface area (Å²) in [4.78, 5) is 0. The van der Waals surface area contributed by atoms with Gasteiger partial charge in [-0.25, -0.2) is 0 Å². The molecule has 1 nitrogen and oxygen atoms in total. The summed E-state index contributed by atoms with van der Waals surface area (Å²) in [5, 5.41) is 2.34. The summed E-state index contributed by atoms with van der Waals surface area (Å²) in [5.41, 5.74) is 5.16. The van der Waals surface area contributed by atoms with E-state index in [0.29, 0.717) is 0 Å². The Morgan fingerprint density at radius 2 is 1.61 bits per heavy atom. The molecule has 1 heteroatoms. The largest absolute Gasteiger partial charge is 0.463 e. The van der Waals surface area contributed by atoms with Gasteiger partial charge in [0, 0.05) is 16.3 Å². The van der Waals surface area contributed by atoms with Gasteiger partial charge in [0.2, 0.25) is 0 Å². The molecule has 3 aromatic rings. The second-order valence-electron chi connectivity index (χ2n) is 4.83. The molecule has 3 rings (SSSR count). The highest BCUT2D eigenvalue weighted by molar-refractivity contribution is 5.94.